The quantitative estimate of drug-likeness (QED) is 0.499. The van der Waals surface area contributed by atoms with Gasteiger partial charge in [0, 0.05) is 24.2 Å². The SMILES string of the molecule is CC(C)c1cccc2c1N(CC(=O)N1CC3CCC(CC3)C1)C(=O)C(NC(=O)OC(C)(C)C)N=C2c1ccccc1F. The highest BCUT2D eigenvalue weighted by molar-refractivity contribution is 6.21. The van der Waals surface area contributed by atoms with Gasteiger partial charge in [0.2, 0.25) is 12.1 Å². The average Bonchev–Trinajstić information content (AvgIpc) is 3.31. The van der Waals surface area contributed by atoms with Crippen molar-refractivity contribution < 1.29 is 23.5 Å². The lowest BCUT2D eigenvalue weighted by Crippen LogP contribution is -2.52. The molecule has 1 N–H and O–H groups in total. The summed E-state index contributed by atoms with van der Waals surface area (Å²) in [6, 6.07) is 11.8. The van der Waals surface area contributed by atoms with Gasteiger partial charge in [-0.2, -0.15) is 0 Å². The lowest BCUT2D eigenvalue weighted by molar-refractivity contribution is -0.132. The number of carbonyl (C=O) groups is 3. The van der Waals surface area contributed by atoms with Crippen LogP contribution in [-0.2, 0) is 14.3 Å². The van der Waals surface area contributed by atoms with E-state index in [1.807, 2.05) is 30.9 Å². The Morgan fingerprint density at radius 1 is 1.00 bits per heavy atom. The number of halogens is 1. The van der Waals surface area contributed by atoms with Crippen molar-refractivity contribution in [1.29, 1.82) is 0 Å². The van der Waals surface area contributed by atoms with Crippen LogP contribution in [0.15, 0.2) is 47.5 Å². The summed E-state index contributed by atoms with van der Waals surface area (Å²) in [5.41, 5.74) is 1.47. The Morgan fingerprint density at radius 3 is 2.21 bits per heavy atom. The number of benzodiazepines with no additional fused rings is 1. The highest BCUT2D eigenvalue weighted by atomic mass is 19.1. The molecule has 3 fully saturated rings. The lowest BCUT2D eigenvalue weighted by atomic mass is 9.84. The molecule has 3 amide bonds. The highest BCUT2D eigenvalue weighted by Gasteiger charge is 2.39. The van der Waals surface area contributed by atoms with Crippen LogP contribution >= 0.6 is 0 Å². The van der Waals surface area contributed by atoms with Crippen LogP contribution in [0.25, 0.3) is 0 Å². The summed E-state index contributed by atoms with van der Waals surface area (Å²) in [5.74, 6) is -0.293. The number of ether oxygens (including phenoxy) is 1. The van der Waals surface area contributed by atoms with Crippen LogP contribution in [0.1, 0.15) is 82.9 Å². The van der Waals surface area contributed by atoms with Crippen LogP contribution in [0.4, 0.5) is 14.9 Å². The zero-order valence-electron chi connectivity index (χ0n) is 25.2. The molecule has 2 saturated heterocycles. The summed E-state index contributed by atoms with van der Waals surface area (Å²) >= 11 is 0. The van der Waals surface area contributed by atoms with Crippen LogP contribution < -0.4 is 10.2 Å². The molecule has 2 aromatic rings. The first kappa shape index (κ1) is 29.7. The molecule has 1 unspecified atom stereocenters. The van der Waals surface area contributed by atoms with E-state index >= 15 is 4.39 Å². The first-order valence-electron chi connectivity index (χ1n) is 15.0. The van der Waals surface area contributed by atoms with Crippen LogP contribution in [0, 0.1) is 17.7 Å². The fraction of sp³-hybridized carbons (Fsp3) is 0.515. The molecular formula is C33H41FN4O4. The number of rotatable bonds is 5. The van der Waals surface area contributed by atoms with Gasteiger partial charge in [0.15, 0.2) is 0 Å². The smallest absolute Gasteiger partial charge is 0.409 e. The van der Waals surface area contributed by atoms with Crippen molar-refractivity contribution in [3.63, 3.8) is 0 Å². The molecule has 1 atom stereocenters. The number of anilines is 1. The van der Waals surface area contributed by atoms with Crippen molar-refractivity contribution in [2.24, 2.45) is 16.8 Å². The van der Waals surface area contributed by atoms with Gasteiger partial charge in [-0.1, -0.05) is 44.2 Å². The van der Waals surface area contributed by atoms with Gasteiger partial charge in [-0.25, -0.2) is 14.2 Å². The van der Waals surface area contributed by atoms with Gasteiger partial charge in [-0.05, 0) is 81.9 Å². The monoisotopic (exact) mass is 576 g/mol. The zero-order chi connectivity index (χ0) is 30.2. The van der Waals surface area contributed by atoms with Crippen molar-refractivity contribution in [3.8, 4) is 0 Å². The maximum atomic E-state index is 15.3. The summed E-state index contributed by atoms with van der Waals surface area (Å²) < 4.78 is 20.7. The maximum absolute atomic E-state index is 15.3. The van der Waals surface area contributed by atoms with Gasteiger partial charge >= 0.3 is 6.09 Å². The van der Waals surface area contributed by atoms with Crippen molar-refractivity contribution in [3.05, 3.63) is 65.0 Å². The number of hydrogen-bond acceptors (Lipinski definition) is 5. The molecule has 8 nitrogen and oxygen atoms in total. The third-order valence-electron chi connectivity index (χ3n) is 8.32. The number of alkyl carbamates (subject to hydrolysis) is 1. The molecule has 1 aliphatic carbocycles. The molecule has 42 heavy (non-hydrogen) atoms. The first-order chi connectivity index (χ1) is 19.9. The molecule has 0 radical (unpaired) electrons. The third kappa shape index (κ3) is 6.35. The van der Waals surface area contributed by atoms with E-state index in [9.17, 15) is 14.4 Å². The first-order valence-corrected chi connectivity index (χ1v) is 15.0. The van der Waals surface area contributed by atoms with E-state index in [4.69, 9.17) is 4.74 Å². The van der Waals surface area contributed by atoms with Crippen LogP contribution in [0.2, 0.25) is 0 Å². The number of nitrogens with one attached hydrogen (secondary N) is 1. The lowest BCUT2D eigenvalue weighted by Gasteiger charge is -2.31. The standard InChI is InChI=1S/C33H41FN4O4/c1-20(2)23-10-8-11-25-28(24-9-6-7-12-26(24)34)35-30(36-32(41)42-33(3,4)5)31(40)38(29(23)25)19-27(39)37-17-21-13-14-22(18-37)16-15-21/h6-12,20-22,30H,13-19H2,1-5H3,(H,36,41). The van der Waals surface area contributed by atoms with Gasteiger partial charge in [0.1, 0.15) is 18.0 Å². The van der Waals surface area contributed by atoms with Crippen molar-refractivity contribution in [1.82, 2.24) is 10.2 Å². The molecule has 0 spiro atoms. The minimum Gasteiger partial charge on any atom is -0.444 e. The predicted molar refractivity (Wildman–Crippen MR) is 160 cm³/mol. The molecule has 3 heterocycles. The Morgan fingerprint density at radius 2 is 1.62 bits per heavy atom. The van der Waals surface area contributed by atoms with Gasteiger partial charge in [-0.15, -0.1) is 0 Å². The number of carbonyl (C=O) groups excluding carboxylic acids is 3. The molecule has 1 saturated carbocycles. The molecule has 3 aliphatic heterocycles. The van der Waals surface area contributed by atoms with Crippen LogP contribution in [0.5, 0.6) is 0 Å². The number of fused-ring (bicyclic) bond motifs is 5. The van der Waals surface area contributed by atoms with Crippen molar-refractivity contribution >= 4 is 29.3 Å². The van der Waals surface area contributed by atoms with Crippen molar-refractivity contribution in [2.75, 3.05) is 24.5 Å². The Kier molecular flexibility index (Phi) is 8.39. The van der Waals surface area contributed by atoms with Gasteiger partial charge in [0.05, 0.1) is 11.4 Å². The van der Waals surface area contributed by atoms with Crippen molar-refractivity contribution in [2.45, 2.75) is 78.0 Å². The normalized spacial score (nSPS) is 22.3. The second kappa shape index (κ2) is 11.9. The Balaban J connectivity index is 1.61. The van der Waals surface area contributed by atoms with E-state index in [-0.39, 0.29) is 29.6 Å². The Bertz CT molecular complexity index is 1380. The van der Waals surface area contributed by atoms with E-state index < -0.39 is 29.6 Å². The molecular weight excluding hydrogens is 535 g/mol. The molecule has 6 rings (SSSR count). The van der Waals surface area contributed by atoms with Gasteiger partial charge in [-0.3, -0.25) is 19.8 Å². The predicted octanol–water partition coefficient (Wildman–Crippen LogP) is 5.63. The minimum atomic E-state index is -1.44. The molecule has 2 aromatic carbocycles. The molecule has 0 aromatic heterocycles. The summed E-state index contributed by atoms with van der Waals surface area (Å²) in [6.45, 7) is 10.3. The van der Waals surface area contributed by atoms with E-state index in [2.05, 4.69) is 10.3 Å². The number of benzene rings is 2. The van der Waals surface area contributed by atoms with E-state index in [0.717, 1.165) is 31.2 Å². The number of nitrogens with zero attached hydrogens (tertiary/aromatic N) is 3. The zero-order valence-corrected chi connectivity index (χ0v) is 25.2. The van der Waals surface area contributed by atoms with E-state index in [1.54, 1.807) is 45.0 Å². The van der Waals surface area contributed by atoms with E-state index in [0.29, 0.717) is 36.2 Å². The van der Waals surface area contributed by atoms with Crippen LogP contribution in [0.3, 0.4) is 0 Å². The fourth-order valence-corrected chi connectivity index (χ4v) is 6.30. The number of aliphatic imine (C=N–C) groups is 1. The topological polar surface area (TPSA) is 91.3 Å². The average molecular weight is 577 g/mol. The summed E-state index contributed by atoms with van der Waals surface area (Å²) in [4.78, 5) is 49.2. The van der Waals surface area contributed by atoms with E-state index in [1.165, 1.54) is 11.0 Å². The minimum absolute atomic E-state index is 0.0170. The largest absolute Gasteiger partial charge is 0.444 e. The summed E-state index contributed by atoms with van der Waals surface area (Å²) in [7, 11) is 0. The summed E-state index contributed by atoms with van der Waals surface area (Å²) in [5, 5.41) is 2.60. The second-order valence-electron chi connectivity index (χ2n) is 13.0. The molecule has 9 heteroatoms. The number of amides is 3. The van der Waals surface area contributed by atoms with Gasteiger partial charge in [0.25, 0.3) is 5.91 Å². The maximum Gasteiger partial charge on any atom is 0.409 e. The highest BCUT2D eigenvalue weighted by Crippen LogP contribution is 2.37. The Hall–Kier alpha value is -3.75. The summed E-state index contributed by atoms with van der Waals surface area (Å²) in [6.07, 6.45) is 2.23. The number of hydrogen-bond donors (Lipinski definition) is 1. The van der Waals surface area contributed by atoms with Gasteiger partial charge < -0.3 is 9.64 Å². The second-order valence-corrected chi connectivity index (χ2v) is 13.0. The number of para-hydroxylation sites is 1. The molecule has 224 valence electrons. The molecule has 2 bridgehead atoms. The molecule has 4 aliphatic rings. The third-order valence-corrected chi connectivity index (χ3v) is 8.32. The fourth-order valence-electron chi connectivity index (χ4n) is 6.30. The Labute approximate surface area is 247 Å². The van der Waals surface area contributed by atoms with Crippen LogP contribution in [-0.4, -0.2) is 59.9 Å².